The zero-order valence-corrected chi connectivity index (χ0v) is 14.1. The number of aromatic nitrogens is 3. The van der Waals surface area contributed by atoms with Gasteiger partial charge in [-0.25, -0.2) is 9.97 Å². The summed E-state index contributed by atoms with van der Waals surface area (Å²) in [7, 11) is 0. The number of rotatable bonds is 4. The van der Waals surface area contributed by atoms with Gasteiger partial charge in [-0.15, -0.1) is 0 Å². The highest BCUT2D eigenvalue weighted by atomic mass is 16.2. The fourth-order valence-corrected chi connectivity index (χ4v) is 2.62. The maximum Gasteiger partial charge on any atom is 0.171 e. The Labute approximate surface area is 140 Å². The number of H-pyrrole nitrogens is 1. The van der Waals surface area contributed by atoms with Gasteiger partial charge >= 0.3 is 0 Å². The second-order valence-corrected chi connectivity index (χ2v) is 6.91. The van der Waals surface area contributed by atoms with E-state index in [9.17, 15) is 4.79 Å². The van der Waals surface area contributed by atoms with Crippen molar-refractivity contribution in [3.8, 4) is 11.3 Å². The summed E-state index contributed by atoms with van der Waals surface area (Å²) < 4.78 is 0. The molecule has 0 unspecified atom stereocenters. The van der Waals surface area contributed by atoms with E-state index in [1.165, 1.54) is 0 Å². The molecular formula is C19H21N3O2. The molecule has 0 bridgehead atoms. The van der Waals surface area contributed by atoms with Crippen LogP contribution in [0.4, 0.5) is 0 Å². The standard InChI is InChI=1S/C19H21N3O2/c1-19(2,3)17(24)14-10-20-18-16(14)22-15(11-21-18)13-6-4-5-12(9-13)7-8-23/h4-6,9-11,23H,7-8H2,1-3H3,(H,20,21). The van der Waals surface area contributed by atoms with Gasteiger partial charge in [-0.3, -0.25) is 4.79 Å². The van der Waals surface area contributed by atoms with E-state index >= 15 is 0 Å². The Kier molecular flexibility index (Phi) is 4.20. The number of benzene rings is 1. The van der Waals surface area contributed by atoms with Crippen LogP contribution in [0.25, 0.3) is 22.4 Å². The van der Waals surface area contributed by atoms with E-state index in [4.69, 9.17) is 5.11 Å². The number of hydrogen-bond donors (Lipinski definition) is 2. The summed E-state index contributed by atoms with van der Waals surface area (Å²) in [6.45, 7) is 5.79. The van der Waals surface area contributed by atoms with Crippen LogP contribution in [0.1, 0.15) is 36.7 Å². The molecular weight excluding hydrogens is 302 g/mol. The number of aliphatic hydroxyl groups excluding tert-OH is 1. The first-order chi connectivity index (χ1) is 11.4. The molecule has 0 saturated carbocycles. The first-order valence-electron chi connectivity index (χ1n) is 7.99. The quantitative estimate of drug-likeness (QED) is 0.721. The fourth-order valence-electron chi connectivity index (χ4n) is 2.62. The van der Waals surface area contributed by atoms with Crippen LogP contribution in [0.15, 0.2) is 36.7 Å². The SMILES string of the molecule is CC(C)(C)C(=O)c1c[nH]c2ncc(-c3cccc(CCO)c3)nc12. The molecule has 0 aliphatic rings. The van der Waals surface area contributed by atoms with E-state index < -0.39 is 5.41 Å². The number of Topliss-reactive ketones (excluding diaryl/α,β-unsaturated/α-hetero) is 1. The molecule has 0 atom stereocenters. The molecule has 0 radical (unpaired) electrons. The van der Waals surface area contributed by atoms with E-state index in [0.29, 0.717) is 28.8 Å². The lowest BCUT2D eigenvalue weighted by atomic mass is 9.87. The molecule has 0 saturated heterocycles. The van der Waals surface area contributed by atoms with Gasteiger partial charge < -0.3 is 10.1 Å². The second-order valence-electron chi connectivity index (χ2n) is 6.91. The van der Waals surface area contributed by atoms with Crippen molar-refractivity contribution >= 4 is 16.9 Å². The van der Waals surface area contributed by atoms with Gasteiger partial charge in [0.15, 0.2) is 11.4 Å². The van der Waals surface area contributed by atoms with Gasteiger partial charge in [-0.1, -0.05) is 39.0 Å². The molecule has 3 rings (SSSR count). The van der Waals surface area contributed by atoms with Gasteiger partial charge in [-0.2, -0.15) is 0 Å². The summed E-state index contributed by atoms with van der Waals surface area (Å²) in [5.74, 6) is 0.0363. The molecule has 0 aliphatic carbocycles. The summed E-state index contributed by atoms with van der Waals surface area (Å²) in [5.41, 5.74) is 3.97. The fraction of sp³-hybridized carbons (Fsp3) is 0.316. The summed E-state index contributed by atoms with van der Waals surface area (Å²) >= 11 is 0. The number of nitrogens with one attached hydrogen (secondary N) is 1. The maximum absolute atomic E-state index is 12.6. The zero-order valence-electron chi connectivity index (χ0n) is 14.1. The Hall–Kier alpha value is -2.53. The van der Waals surface area contributed by atoms with Crippen LogP contribution in [-0.2, 0) is 6.42 Å². The van der Waals surface area contributed by atoms with Crippen LogP contribution in [0, 0.1) is 5.41 Å². The summed E-state index contributed by atoms with van der Waals surface area (Å²) in [4.78, 5) is 24.7. The third-order valence-corrected chi connectivity index (χ3v) is 3.93. The molecule has 0 amide bonds. The van der Waals surface area contributed by atoms with Crippen molar-refractivity contribution in [1.82, 2.24) is 15.0 Å². The van der Waals surface area contributed by atoms with Crippen molar-refractivity contribution in [2.24, 2.45) is 5.41 Å². The van der Waals surface area contributed by atoms with Gasteiger partial charge in [-0.05, 0) is 18.1 Å². The largest absolute Gasteiger partial charge is 0.396 e. The summed E-state index contributed by atoms with van der Waals surface area (Å²) in [6.07, 6.45) is 3.98. The monoisotopic (exact) mass is 323 g/mol. The Bertz CT molecular complexity index is 891. The number of carbonyl (C=O) groups is 1. The Morgan fingerprint density at radius 2 is 2.08 bits per heavy atom. The molecule has 2 heterocycles. The van der Waals surface area contributed by atoms with E-state index in [2.05, 4.69) is 15.0 Å². The average molecular weight is 323 g/mol. The molecule has 0 spiro atoms. The van der Waals surface area contributed by atoms with Crippen LogP contribution in [-0.4, -0.2) is 32.4 Å². The van der Waals surface area contributed by atoms with Gasteiger partial charge in [0.25, 0.3) is 0 Å². The highest BCUT2D eigenvalue weighted by Crippen LogP contribution is 2.27. The first-order valence-corrected chi connectivity index (χ1v) is 7.99. The van der Waals surface area contributed by atoms with Gasteiger partial charge in [0.2, 0.25) is 0 Å². The average Bonchev–Trinajstić information content (AvgIpc) is 2.96. The molecule has 0 aliphatic heterocycles. The smallest absolute Gasteiger partial charge is 0.171 e. The lowest BCUT2D eigenvalue weighted by molar-refractivity contribution is 0.0860. The predicted octanol–water partition coefficient (Wildman–Crippen LogP) is 3.39. The molecule has 5 heteroatoms. The minimum Gasteiger partial charge on any atom is -0.396 e. The van der Waals surface area contributed by atoms with Crippen molar-refractivity contribution in [1.29, 1.82) is 0 Å². The molecule has 124 valence electrons. The highest BCUT2D eigenvalue weighted by molar-refractivity contribution is 6.08. The van der Waals surface area contributed by atoms with Gasteiger partial charge in [0.05, 0.1) is 17.5 Å². The zero-order chi connectivity index (χ0) is 17.3. The highest BCUT2D eigenvalue weighted by Gasteiger charge is 2.26. The molecule has 3 aromatic rings. The van der Waals surface area contributed by atoms with Crippen LogP contribution >= 0.6 is 0 Å². The maximum atomic E-state index is 12.6. The Balaban J connectivity index is 2.08. The van der Waals surface area contributed by atoms with Crippen LogP contribution in [0.3, 0.4) is 0 Å². The van der Waals surface area contributed by atoms with Crippen LogP contribution in [0.5, 0.6) is 0 Å². The van der Waals surface area contributed by atoms with E-state index in [-0.39, 0.29) is 12.4 Å². The first kappa shape index (κ1) is 16.3. The topological polar surface area (TPSA) is 78.9 Å². The van der Waals surface area contributed by atoms with Gasteiger partial charge in [0, 0.05) is 23.8 Å². The molecule has 2 aromatic heterocycles. The molecule has 1 aromatic carbocycles. The number of nitrogens with zero attached hydrogens (tertiary/aromatic N) is 2. The number of ketones is 1. The van der Waals surface area contributed by atoms with Crippen molar-refractivity contribution < 1.29 is 9.90 Å². The lowest BCUT2D eigenvalue weighted by Crippen LogP contribution is -2.20. The van der Waals surface area contributed by atoms with Crippen molar-refractivity contribution in [2.45, 2.75) is 27.2 Å². The predicted molar refractivity (Wildman–Crippen MR) is 93.9 cm³/mol. The third-order valence-electron chi connectivity index (χ3n) is 3.93. The van der Waals surface area contributed by atoms with Crippen LogP contribution < -0.4 is 0 Å². The normalized spacial score (nSPS) is 11.8. The number of hydrogen-bond acceptors (Lipinski definition) is 4. The minimum atomic E-state index is -0.478. The van der Waals surface area contributed by atoms with Crippen molar-refractivity contribution in [2.75, 3.05) is 6.61 Å². The summed E-state index contributed by atoms with van der Waals surface area (Å²) in [6, 6.07) is 7.85. The van der Waals surface area contributed by atoms with E-state index in [0.717, 1.165) is 11.1 Å². The van der Waals surface area contributed by atoms with E-state index in [1.54, 1.807) is 12.4 Å². The number of aliphatic hydroxyl groups is 1. The van der Waals surface area contributed by atoms with E-state index in [1.807, 2.05) is 45.0 Å². The van der Waals surface area contributed by atoms with Crippen molar-refractivity contribution in [3.63, 3.8) is 0 Å². The van der Waals surface area contributed by atoms with Crippen LogP contribution in [0.2, 0.25) is 0 Å². The molecule has 24 heavy (non-hydrogen) atoms. The molecule has 2 N–H and O–H groups in total. The number of fused-ring (bicyclic) bond motifs is 1. The minimum absolute atomic E-state index is 0.0363. The van der Waals surface area contributed by atoms with Gasteiger partial charge in [0.1, 0.15) is 5.52 Å². The summed E-state index contributed by atoms with van der Waals surface area (Å²) in [5, 5.41) is 9.10. The second kappa shape index (κ2) is 6.17. The number of aromatic amines is 1. The third kappa shape index (κ3) is 3.08. The Morgan fingerprint density at radius 1 is 1.29 bits per heavy atom. The van der Waals surface area contributed by atoms with Crippen molar-refractivity contribution in [3.05, 3.63) is 47.8 Å². The number of carbonyl (C=O) groups excluding carboxylic acids is 1. The molecule has 0 fully saturated rings. The Morgan fingerprint density at radius 3 is 2.79 bits per heavy atom. The molecule has 5 nitrogen and oxygen atoms in total. The lowest BCUT2D eigenvalue weighted by Gasteiger charge is -2.15.